The van der Waals surface area contributed by atoms with Crippen molar-refractivity contribution in [3.8, 4) is 0 Å². The highest BCUT2D eigenvalue weighted by Gasteiger charge is 1.90. The summed E-state index contributed by atoms with van der Waals surface area (Å²) in [4.78, 5) is 8.78. The van der Waals surface area contributed by atoms with Crippen molar-refractivity contribution in [2.24, 2.45) is 10.3 Å². The van der Waals surface area contributed by atoms with Crippen molar-refractivity contribution < 1.29 is 14.4 Å². The molecule has 5 heteroatoms. The maximum absolute atomic E-state index is 4.69. The maximum atomic E-state index is 4.69. The summed E-state index contributed by atoms with van der Waals surface area (Å²) in [7, 11) is 4.30. The summed E-state index contributed by atoms with van der Waals surface area (Å²) in [5.74, 6) is 0.254. The zero-order chi connectivity index (χ0) is 7.82. The second-order valence-corrected chi connectivity index (χ2v) is 1.23. The summed E-state index contributed by atoms with van der Waals surface area (Å²) in [6.07, 6.45) is 1.30. The number of hydrogen-bond donors (Lipinski definition) is 0. The van der Waals surface area contributed by atoms with Gasteiger partial charge in [-0.1, -0.05) is 5.16 Å². The van der Waals surface area contributed by atoms with Gasteiger partial charge in [0.2, 0.25) is 0 Å². The van der Waals surface area contributed by atoms with E-state index >= 15 is 0 Å². The Morgan fingerprint density at radius 2 is 1.90 bits per heavy atom. The summed E-state index contributed by atoms with van der Waals surface area (Å²) in [6, 6.07) is 0. The molecule has 0 spiro atoms. The minimum atomic E-state index is 0.254. The summed E-state index contributed by atoms with van der Waals surface area (Å²) >= 11 is 0. The summed E-state index contributed by atoms with van der Waals surface area (Å²) < 4.78 is 4.69. The topological polar surface area (TPSA) is 52.4 Å². The van der Waals surface area contributed by atoms with Crippen molar-refractivity contribution in [3.05, 3.63) is 0 Å². The van der Waals surface area contributed by atoms with Crippen LogP contribution in [0, 0.1) is 0 Å². The number of rotatable bonds is 3. The second-order valence-electron chi connectivity index (χ2n) is 1.23. The highest BCUT2D eigenvalue weighted by Crippen LogP contribution is 1.77. The van der Waals surface area contributed by atoms with Gasteiger partial charge in [-0.25, -0.2) is 0 Å². The zero-order valence-electron chi connectivity index (χ0n) is 6.20. The van der Waals surface area contributed by atoms with Crippen LogP contribution < -0.4 is 0 Å². The van der Waals surface area contributed by atoms with Crippen LogP contribution in [0.15, 0.2) is 10.3 Å². The molecular formula is C5H10N2O3. The van der Waals surface area contributed by atoms with Crippen molar-refractivity contribution in [1.82, 2.24) is 0 Å². The zero-order valence-corrected chi connectivity index (χ0v) is 6.20. The fraction of sp³-hybridized carbons (Fsp3) is 0.600. The van der Waals surface area contributed by atoms with E-state index in [2.05, 4.69) is 24.7 Å². The molecule has 0 aromatic carbocycles. The third-order valence-electron chi connectivity index (χ3n) is 0.659. The van der Waals surface area contributed by atoms with Crippen LogP contribution in [0.4, 0.5) is 0 Å². The van der Waals surface area contributed by atoms with Crippen molar-refractivity contribution in [1.29, 1.82) is 0 Å². The van der Waals surface area contributed by atoms with Crippen LogP contribution in [0.2, 0.25) is 0 Å². The Balaban J connectivity index is 3.82. The Kier molecular flexibility index (Phi) is 5.13. The Labute approximate surface area is 59.2 Å². The number of methoxy groups -OCH3 is 1. The smallest absolute Gasteiger partial charge is 0.272 e. The molecule has 5 nitrogen and oxygen atoms in total. The second kappa shape index (κ2) is 5.87. The first-order chi connectivity index (χ1) is 4.85. The molecule has 0 unspecified atom stereocenters. The van der Waals surface area contributed by atoms with Crippen LogP contribution in [-0.2, 0) is 14.4 Å². The Hall–Kier alpha value is -1.26. The summed E-state index contributed by atoms with van der Waals surface area (Å²) in [5.41, 5.74) is 0. The van der Waals surface area contributed by atoms with Gasteiger partial charge >= 0.3 is 0 Å². The van der Waals surface area contributed by atoms with Crippen LogP contribution in [0.3, 0.4) is 0 Å². The Morgan fingerprint density at radius 3 is 2.30 bits per heavy atom. The fourth-order valence-electron chi connectivity index (χ4n) is 0.301. The van der Waals surface area contributed by atoms with E-state index in [-0.39, 0.29) is 5.90 Å². The minimum absolute atomic E-state index is 0.254. The molecule has 0 aliphatic carbocycles. The molecule has 0 fully saturated rings. The Bertz CT molecular complexity index is 133. The van der Waals surface area contributed by atoms with Crippen LogP contribution in [0.25, 0.3) is 0 Å². The van der Waals surface area contributed by atoms with E-state index in [4.69, 9.17) is 0 Å². The van der Waals surface area contributed by atoms with Gasteiger partial charge in [0.15, 0.2) is 0 Å². The molecule has 0 radical (unpaired) electrons. The van der Waals surface area contributed by atoms with Crippen molar-refractivity contribution in [3.63, 3.8) is 0 Å². The van der Waals surface area contributed by atoms with E-state index < -0.39 is 0 Å². The monoisotopic (exact) mass is 146 g/mol. The van der Waals surface area contributed by atoms with Crippen LogP contribution in [0.5, 0.6) is 0 Å². The molecular weight excluding hydrogens is 136 g/mol. The van der Waals surface area contributed by atoms with E-state index in [1.807, 2.05) is 0 Å². The molecule has 58 valence electrons. The predicted octanol–water partition coefficient (Wildman–Crippen LogP) is 0.225. The number of oxime groups is 2. The van der Waals surface area contributed by atoms with Crippen molar-refractivity contribution in [2.45, 2.75) is 0 Å². The normalized spacial score (nSPS) is 11.7. The van der Waals surface area contributed by atoms with E-state index in [1.165, 1.54) is 27.5 Å². The molecule has 0 N–H and O–H groups in total. The lowest BCUT2D eigenvalue weighted by Gasteiger charge is -1.94. The molecule has 0 saturated carbocycles. The molecule has 0 aliphatic heterocycles. The van der Waals surface area contributed by atoms with Gasteiger partial charge in [0, 0.05) is 0 Å². The van der Waals surface area contributed by atoms with E-state index in [0.29, 0.717) is 0 Å². The van der Waals surface area contributed by atoms with Gasteiger partial charge in [0.1, 0.15) is 20.4 Å². The van der Waals surface area contributed by atoms with Crippen molar-refractivity contribution in [2.75, 3.05) is 21.3 Å². The first-order valence-corrected chi connectivity index (χ1v) is 2.56. The lowest BCUT2D eigenvalue weighted by molar-refractivity contribution is 0.199. The number of ether oxygens (including phenoxy) is 1. The number of hydrogen-bond acceptors (Lipinski definition) is 5. The fourth-order valence-corrected chi connectivity index (χ4v) is 0.301. The molecule has 0 rings (SSSR count). The largest absolute Gasteiger partial charge is 0.478 e. The van der Waals surface area contributed by atoms with Gasteiger partial charge in [0.05, 0.1) is 7.11 Å². The van der Waals surface area contributed by atoms with Gasteiger partial charge in [0.25, 0.3) is 5.90 Å². The van der Waals surface area contributed by atoms with E-state index in [1.54, 1.807) is 0 Å². The molecule has 0 saturated heterocycles. The van der Waals surface area contributed by atoms with Gasteiger partial charge < -0.3 is 14.4 Å². The first-order valence-electron chi connectivity index (χ1n) is 2.56. The molecule has 0 bridgehead atoms. The van der Waals surface area contributed by atoms with Crippen molar-refractivity contribution >= 4 is 12.1 Å². The van der Waals surface area contributed by atoms with E-state index in [0.717, 1.165) is 0 Å². The molecule has 0 heterocycles. The van der Waals surface area contributed by atoms with Gasteiger partial charge in [-0.05, 0) is 5.16 Å². The third kappa shape index (κ3) is 3.71. The standard InChI is InChI=1S/C5H10N2O3/c1-8-5(7-10-3)4-6-9-2/h4H,1-3H3/b6-4+,7-5-. The van der Waals surface area contributed by atoms with Crippen LogP contribution in [-0.4, -0.2) is 33.4 Å². The molecule has 0 amide bonds. The highest BCUT2D eigenvalue weighted by atomic mass is 16.6. The molecule has 0 aromatic rings. The number of nitrogens with zero attached hydrogens (tertiary/aromatic N) is 2. The minimum Gasteiger partial charge on any atom is -0.478 e. The van der Waals surface area contributed by atoms with E-state index in [9.17, 15) is 0 Å². The summed E-state index contributed by atoms with van der Waals surface area (Å²) in [5, 5.41) is 6.85. The van der Waals surface area contributed by atoms with Gasteiger partial charge in [-0.2, -0.15) is 0 Å². The van der Waals surface area contributed by atoms with Crippen LogP contribution in [0.1, 0.15) is 0 Å². The SMILES string of the molecule is CO/N=C(/C=N/OC)OC. The Morgan fingerprint density at radius 1 is 1.20 bits per heavy atom. The molecule has 0 atom stereocenters. The summed E-state index contributed by atoms with van der Waals surface area (Å²) in [6.45, 7) is 0. The average Bonchev–Trinajstić information content (AvgIpc) is 1.98. The predicted molar refractivity (Wildman–Crippen MR) is 37.0 cm³/mol. The maximum Gasteiger partial charge on any atom is 0.272 e. The highest BCUT2D eigenvalue weighted by molar-refractivity contribution is 6.25. The quantitative estimate of drug-likeness (QED) is 0.325. The molecule has 0 aromatic heterocycles. The molecule has 10 heavy (non-hydrogen) atoms. The molecule has 0 aliphatic rings. The lowest BCUT2D eigenvalue weighted by Crippen LogP contribution is -2.03. The van der Waals surface area contributed by atoms with Crippen LogP contribution >= 0.6 is 0 Å². The average molecular weight is 146 g/mol. The first kappa shape index (κ1) is 8.74. The third-order valence-corrected chi connectivity index (χ3v) is 0.659. The van der Waals surface area contributed by atoms with Gasteiger partial charge in [-0.15, -0.1) is 0 Å². The lowest BCUT2D eigenvalue weighted by atomic mass is 10.7. The van der Waals surface area contributed by atoms with Gasteiger partial charge in [-0.3, -0.25) is 0 Å².